The van der Waals surface area contributed by atoms with Crippen LogP contribution < -0.4 is 31.6 Å². The van der Waals surface area contributed by atoms with Crippen molar-refractivity contribution in [1.82, 2.24) is 9.80 Å². The normalized spacial score (nSPS) is 13.5. The van der Waals surface area contributed by atoms with Crippen LogP contribution in [0.15, 0.2) is 137 Å². The Morgan fingerprint density at radius 1 is 0.733 bits per heavy atom. The molecule has 5 aromatic carbocycles. The second-order valence-electron chi connectivity index (χ2n) is 14.9. The van der Waals surface area contributed by atoms with Crippen molar-refractivity contribution in [1.29, 1.82) is 0 Å². The van der Waals surface area contributed by atoms with Crippen molar-refractivity contribution in [2.75, 3.05) is 37.7 Å². The van der Waals surface area contributed by atoms with E-state index >= 15 is 0 Å². The van der Waals surface area contributed by atoms with Crippen LogP contribution in [-0.2, 0) is 14.4 Å². The highest BCUT2D eigenvalue weighted by atomic mass is 35.5. The van der Waals surface area contributed by atoms with E-state index in [0.717, 1.165) is 30.4 Å². The molecule has 1 atom stereocenters. The molecule has 0 radical (unpaired) electrons. The van der Waals surface area contributed by atoms with Crippen molar-refractivity contribution >= 4 is 80.8 Å². The van der Waals surface area contributed by atoms with E-state index in [1.807, 2.05) is 29.2 Å². The average molecular weight is 864 g/mol. The number of nitrogens with zero attached hydrogens (tertiary/aromatic N) is 2. The van der Waals surface area contributed by atoms with E-state index in [4.69, 9.17) is 32.4 Å². The minimum Gasteiger partial charge on any atom is -0.481 e. The molecule has 0 aliphatic carbocycles. The number of anilines is 1. The number of rotatable bonds is 14. The molecule has 2 heterocycles. The molecule has 1 N–H and O–H groups in total. The van der Waals surface area contributed by atoms with Crippen molar-refractivity contribution < 1.29 is 23.5 Å². The Morgan fingerprint density at radius 2 is 1.38 bits per heavy atom. The van der Waals surface area contributed by atoms with E-state index < -0.39 is 19.0 Å². The van der Waals surface area contributed by atoms with Gasteiger partial charge in [0.2, 0.25) is 11.8 Å². The molecule has 1 saturated heterocycles. The van der Waals surface area contributed by atoms with E-state index in [9.17, 15) is 19.2 Å². The third-order valence-corrected chi connectivity index (χ3v) is 16.3. The van der Waals surface area contributed by atoms with Crippen LogP contribution in [0.25, 0.3) is 22.1 Å². The molecule has 308 valence electrons. The molecule has 7 rings (SSSR count). The van der Waals surface area contributed by atoms with Crippen LogP contribution in [0.5, 0.6) is 5.75 Å². The Bertz CT molecular complexity index is 2500. The van der Waals surface area contributed by atoms with Gasteiger partial charge in [-0.3, -0.25) is 14.4 Å². The number of carbonyl (C=O) groups excluding carboxylic acids is 3. The molecular weight excluding hydrogens is 816 g/mol. The van der Waals surface area contributed by atoms with Gasteiger partial charge < -0.3 is 24.3 Å². The number of benzene rings is 5. The summed E-state index contributed by atoms with van der Waals surface area (Å²) in [4.78, 5) is 54.5. The number of ether oxygens (including phenoxy) is 1. The van der Waals surface area contributed by atoms with Gasteiger partial charge in [0.15, 0.2) is 6.10 Å². The fourth-order valence-corrected chi connectivity index (χ4v) is 13.3. The highest BCUT2D eigenvalue weighted by Gasteiger charge is 2.46. The van der Waals surface area contributed by atoms with Gasteiger partial charge in [0, 0.05) is 73.9 Å². The lowest BCUT2D eigenvalue weighted by molar-refractivity contribution is -0.143. The molecule has 1 fully saturated rings. The van der Waals surface area contributed by atoms with Crippen LogP contribution in [0, 0.1) is 0 Å². The van der Waals surface area contributed by atoms with Crippen molar-refractivity contribution in [3.8, 4) is 16.9 Å². The first-order chi connectivity index (χ1) is 29.0. The first-order valence-electron chi connectivity index (χ1n) is 20.2. The lowest BCUT2D eigenvalue weighted by Crippen LogP contribution is -2.53. The molecule has 0 unspecified atom stereocenters. The van der Waals surface area contributed by atoms with Gasteiger partial charge >= 0.3 is 5.63 Å². The number of unbranched alkanes of at least 4 members (excludes halogenated alkanes) is 2. The molecule has 1 aromatic heterocycles. The molecule has 6 aromatic rings. The highest BCUT2D eigenvalue weighted by molar-refractivity contribution is 7.95. The minimum absolute atomic E-state index is 0.103. The van der Waals surface area contributed by atoms with Crippen LogP contribution in [0.3, 0.4) is 0 Å². The second-order valence-corrected chi connectivity index (χ2v) is 19.3. The first kappa shape index (κ1) is 42.6. The Labute approximate surface area is 360 Å². The van der Waals surface area contributed by atoms with Crippen LogP contribution in [0.4, 0.5) is 5.69 Å². The predicted molar refractivity (Wildman–Crippen MR) is 244 cm³/mol. The molecule has 12 heteroatoms. The van der Waals surface area contributed by atoms with Crippen LogP contribution in [0.2, 0.25) is 10.0 Å². The SMILES string of the molecule is CC(=O)Nc1ccc(-c2cc(=O)oc3cc(O[C@H](C)C(=O)N4CCN(C(=O)CCCCC[P+](c5ccccc5)(c5ccccc5)c5ccccc5Cl)CC4)ccc23)c(Cl)c1. The Kier molecular flexibility index (Phi) is 13.7. The predicted octanol–water partition coefficient (Wildman–Crippen LogP) is 8.72. The summed E-state index contributed by atoms with van der Waals surface area (Å²) in [7, 11) is -2.07. The summed E-state index contributed by atoms with van der Waals surface area (Å²) < 4.78 is 11.6. The van der Waals surface area contributed by atoms with Crippen molar-refractivity contribution in [2.24, 2.45) is 0 Å². The molecule has 1 aliphatic rings. The van der Waals surface area contributed by atoms with Gasteiger partial charge in [-0.05, 0) is 86.8 Å². The lowest BCUT2D eigenvalue weighted by Gasteiger charge is -2.36. The quantitative estimate of drug-likeness (QED) is 0.0667. The summed E-state index contributed by atoms with van der Waals surface area (Å²) in [6.07, 6.45) is 3.22. The van der Waals surface area contributed by atoms with E-state index in [0.29, 0.717) is 65.6 Å². The molecule has 9 nitrogen and oxygen atoms in total. The summed E-state index contributed by atoms with van der Waals surface area (Å²) in [6, 6.07) is 41.1. The third-order valence-electron chi connectivity index (χ3n) is 10.9. The molecular formula is C48H47Cl2N3O6P+. The van der Waals surface area contributed by atoms with E-state index in [-0.39, 0.29) is 23.3 Å². The van der Waals surface area contributed by atoms with E-state index in [2.05, 4.69) is 66.0 Å². The van der Waals surface area contributed by atoms with Crippen LogP contribution in [0.1, 0.15) is 39.5 Å². The van der Waals surface area contributed by atoms with Gasteiger partial charge in [-0.15, -0.1) is 0 Å². The summed E-state index contributed by atoms with van der Waals surface area (Å²) in [5.41, 5.74) is 1.40. The molecule has 1 aliphatic heterocycles. The zero-order valence-corrected chi connectivity index (χ0v) is 36.0. The topological polar surface area (TPSA) is 109 Å². The minimum atomic E-state index is -2.07. The Morgan fingerprint density at radius 3 is 2.03 bits per heavy atom. The van der Waals surface area contributed by atoms with Crippen molar-refractivity contribution in [2.45, 2.75) is 45.6 Å². The number of carbonyl (C=O) groups is 3. The fourth-order valence-electron chi connectivity index (χ4n) is 8.03. The molecule has 3 amide bonds. The number of piperazine rings is 1. The summed E-state index contributed by atoms with van der Waals surface area (Å²) >= 11 is 13.5. The maximum absolute atomic E-state index is 13.5. The Balaban J connectivity index is 0.924. The molecule has 0 bridgehead atoms. The third kappa shape index (κ3) is 9.60. The number of halogens is 2. The molecule has 0 saturated carbocycles. The van der Waals surface area contributed by atoms with Crippen LogP contribution >= 0.6 is 30.5 Å². The van der Waals surface area contributed by atoms with Crippen molar-refractivity contribution in [3.63, 3.8) is 0 Å². The van der Waals surface area contributed by atoms with Gasteiger partial charge in [0.05, 0.1) is 16.2 Å². The van der Waals surface area contributed by atoms with Crippen LogP contribution in [-0.4, -0.2) is 66.0 Å². The summed E-state index contributed by atoms with van der Waals surface area (Å²) in [5.74, 6) is 0.0539. The van der Waals surface area contributed by atoms with Gasteiger partial charge in [-0.1, -0.05) is 77.8 Å². The fraction of sp³-hybridized carbons (Fsp3) is 0.250. The average Bonchev–Trinajstić information content (AvgIpc) is 3.25. The number of amides is 3. The zero-order chi connectivity index (χ0) is 42.2. The van der Waals surface area contributed by atoms with Gasteiger partial charge in [-0.25, -0.2) is 4.79 Å². The summed E-state index contributed by atoms with van der Waals surface area (Å²) in [6.45, 7) is 4.83. The second kappa shape index (κ2) is 19.3. The lowest BCUT2D eigenvalue weighted by atomic mass is 10.0. The number of fused-ring (bicyclic) bond motifs is 1. The standard InChI is InChI=1S/C48H46Cl2N3O6P/c1-33(58-36-22-24-40-41(32-47(56)59-44(40)31-36)39-23-21-35(30-43(39)50)51-34(2)54)48(57)53-27-25-52(26-28-53)46(55)20-10-5-13-29-60(37-14-6-3-7-15-37,38-16-8-4-9-17-38)45-19-12-11-18-42(45)49/h3-4,6-9,11-12,14-19,21-24,30-33H,5,10,13,20,25-29H2,1-2H3/p+1/t33-/m1/s1. The van der Waals surface area contributed by atoms with Gasteiger partial charge in [0.25, 0.3) is 5.91 Å². The highest BCUT2D eigenvalue weighted by Crippen LogP contribution is 2.57. The van der Waals surface area contributed by atoms with Gasteiger partial charge in [0.1, 0.15) is 34.5 Å². The van der Waals surface area contributed by atoms with E-state index in [1.54, 1.807) is 48.2 Å². The monoisotopic (exact) mass is 862 g/mol. The number of nitrogens with one attached hydrogen (secondary N) is 1. The van der Waals surface area contributed by atoms with Crippen molar-refractivity contribution in [3.05, 3.63) is 148 Å². The number of hydrogen-bond donors (Lipinski definition) is 1. The Hall–Kier alpha value is -5.47. The maximum atomic E-state index is 13.5. The first-order valence-corrected chi connectivity index (χ1v) is 22.9. The maximum Gasteiger partial charge on any atom is 0.336 e. The largest absolute Gasteiger partial charge is 0.481 e. The zero-order valence-electron chi connectivity index (χ0n) is 33.6. The van der Waals surface area contributed by atoms with E-state index in [1.165, 1.54) is 28.9 Å². The van der Waals surface area contributed by atoms with Gasteiger partial charge in [-0.2, -0.15) is 0 Å². The number of hydrogen-bond acceptors (Lipinski definition) is 6. The molecule has 60 heavy (non-hydrogen) atoms. The molecule has 0 spiro atoms. The smallest absolute Gasteiger partial charge is 0.336 e. The summed E-state index contributed by atoms with van der Waals surface area (Å²) in [5, 5.41) is 8.22.